The predicted molar refractivity (Wildman–Crippen MR) is 122 cm³/mol. The van der Waals surface area contributed by atoms with Crippen molar-refractivity contribution in [3.63, 3.8) is 0 Å². The number of anilines is 1. The number of methoxy groups -OCH3 is 1. The van der Waals surface area contributed by atoms with Crippen molar-refractivity contribution in [2.75, 3.05) is 38.6 Å². The van der Waals surface area contributed by atoms with E-state index in [4.69, 9.17) is 4.74 Å². The molecule has 0 spiro atoms. The predicted octanol–water partition coefficient (Wildman–Crippen LogP) is 3.99. The minimum atomic E-state index is -0.153. The van der Waals surface area contributed by atoms with Crippen molar-refractivity contribution < 1.29 is 9.53 Å². The number of ether oxygens (including phenoxy) is 1. The van der Waals surface area contributed by atoms with Gasteiger partial charge in [-0.05, 0) is 47.5 Å². The Balaban J connectivity index is 1.29. The lowest BCUT2D eigenvalue weighted by Gasteiger charge is -2.37. The number of fused-ring (bicyclic) bond motifs is 1. The highest BCUT2D eigenvalue weighted by atomic mass is 16.5. The monoisotopic (exact) mass is 403 g/mol. The zero-order valence-electron chi connectivity index (χ0n) is 17.7. The zero-order chi connectivity index (χ0) is 20.9. The molecule has 1 aliphatic heterocycles. The quantitative estimate of drug-likeness (QED) is 0.676. The number of hydrogen-bond donors (Lipinski definition) is 1. The van der Waals surface area contributed by atoms with E-state index < -0.39 is 0 Å². The first kappa shape index (κ1) is 20.4. The molecule has 3 aromatic rings. The zero-order valence-corrected chi connectivity index (χ0v) is 17.7. The van der Waals surface area contributed by atoms with Gasteiger partial charge in [-0.15, -0.1) is 0 Å². The summed E-state index contributed by atoms with van der Waals surface area (Å²) in [6, 6.07) is 22.3. The topological polar surface area (TPSA) is 44.8 Å². The molecular weight excluding hydrogens is 374 g/mol. The van der Waals surface area contributed by atoms with E-state index in [1.54, 1.807) is 7.11 Å². The van der Waals surface area contributed by atoms with Gasteiger partial charge in [-0.1, -0.05) is 42.5 Å². The Bertz CT molecular complexity index is 995. The van der Waals surface area contributed by atoms with Crippen LogP contribution in [0.5, 0.6) is 5.75 Å². The van der Waals surface area contributed by atoms with Gasteiger partial charge in [-0.3, -0.25) is 14.6 Å². The number of amides is 1. The lowest BCUT2D eigenvalue weighted by atomic mass is 10.1. The van der Waals surface area contributed by atoms with E-state index in [1.807, 2.05) is 49.4 Å². The van der Waals surface area contributed by atoms with Gasteiger partial charge in [-0.25, -0.2) is 0 Å². The molecule has 5 heteroatoms. The molecule has 0 saturated carbocycles. The molecule has 1 atom stereocenters. The number of hydrogen-bond acceptors (Lipinski definition) is 4. The first-order chi connectivity index (χ1) is 14.6. The minimum absolute atomic E-state index is 0.0499. The maximum absolute atomic E-state index is 12.8. The highest BCUT2D eigenvalue weighted by Gasteiger charge is 2.25. The van der Waals surface area contributed by atoms with Gasteiger partial charge in [-0.2, -0.15) is 0 Å². The number of rotatable bonds is 6. The molecule has 1 fully saturated rings. The molecule has 1 amide bonds. The van der Waals surface area contributed by atoms with Crippen LogP contribution in [0.2, 0.25) is 0 Å². The van der Waals surface area contributed by atoms with Crippen LogP contribution in [0.4, 0.5) is 5.69 Å². The van der Waals surface area contributed by atoms with Crippen molar-refractivity contribution in [3.05, 3.63) is 72.3 Å². The van der Waals surface area contributed by atoms with Crippen molar-refractivity contribution in [3.8, 4) is 5.75 Å². The highest BCUT2D eigenvalue weighted by Crippen LogP contribution is 2.20. The second-order valence-corrected chi connectivity index (χ2v) is 7.89. The van der Waals surface area contributed by atoms with Gasteiger partial charge >= 0.3 is 0 Å². The highest BCUT2D eigenvalue weighted by molar-refractivity contribution is 5.97. The third-order valence-corrected chi connectivity index (χ3v) is 5.92. The molecule has 1 heterocycles. The molecule has 1 N–H and O–H groups in total. The molecule has 0 bridgehead atoms. The van der Waals surface area contributed by atoms with Crippen LogP contribution in [-0.4, -0.2) is 55.0 Å². The smallest absolute Gasteiger partial charge is 0.241 e. The Morgan fingerprint density at radius 1 is 0.967 bits per heavy atom. The molecule has 0 radical (unpaired) electrons. The maximum Gasteiger partial charge on any atom is 0.241 e. The van der Waals surface area contributed by atoms with Crippen LogP contribution < -0.4 is 10.1 Å². The van der Waals surface area contributed by atoms with Crippen LogP contribution in [0.15, 0.2) is 66.7 Å². The molecule has 156 valence electrons. The second-order valence-electron chi connectivity index (χ2n) is 7.89. The summed E-state index contributed by atoms with van der Waals surface area (Å²) in [6.07, 6.45) is 0. The Morgan fingerprint density at radius 3 is 2.37 bits per heavy atom. The third kappa shape index (κ3) is 4.81. The van der Waals surface area contributed by atoms with Gasteiger partial charge in [0.25, 0.3) is 0 Å². The second kappa shape index (κ2) is 9.28. The summed E-state index contributed by atoms with van der Waals surface area (Å²) >= 11 is 0. The first-order valence-electron chi connectivity index (χ1n) is 10.5. The standard InChI is InChI=1S/C25H29N3O2/c1-19(25(29)26-23-10-9-21-5-3-4-6-22(21)17-23)28-15-13-27(14-16-28)18-20-7-11-24(30-2)12-8-20/h3-12,17,19H,13-16,18H2,1-2H3,(H,26,29)/t19-/m0/s1. The maximum atomic E-state index is 12.8. The van der Waals surface area contributed by atoms with Crippen LogP contribution in [0, 0.1) is 0 Å². The average molecular weight is 404 g/mol. The lowest BCUT2D eigenvalue weighted by molar-refractivity contribution is -0.121. The van der Waals surface area contributed by atoms with Gasteiger partial charge < -0.3 is 10.1 Å². The van der Waals surface area contributed by atoms with E-state index >= 15 is 0 Å². The largest absolute Gasteiger partial charge is 0.497 e. The normalized spacial score (nSPS) is 16.3. The Labute approximate surface area is 178 Å². The first-order valence-corrected chi connectivity index (χ1v) is 10.5. The van der Waals surface area contributed by atoms with Gasteiger partial charge in [0.1, 0.15) is 5.75 Å². The third-order valence-electron chi connectivity index (χ3n) is 5.92. The number of carbonyl (C=O) groups excluding carboxylic acids is 1. The van der Waals surface area contributed by atoms with Crippen LogP contribution in [0.3, 0.4) is 0 Å². The van der Waals surface area contributed by atoms with Crippen molar-refractivity contribution in [1.82, 2.24) is 9.80 Å². The number of carbonyl (C=O) groups is 1. The van der Waals surface area contributed by atoms with Crippen LogP contribution in [-0.2, 0) is 11.3 Å². The Kier molecular flexibility index (Phi) is 6.31. The van der Waals surface area contributed by atoms with E-state index in [2.05, 4.69) is 39.4 Å². The minimum Gasteiger partial charge on any atom is -0.497 e. The number of piperazine rings is 1. The molecular formula is C25H29N3O2. The summed E-state index contributed by atoms with van der Waals surface area (Å²) in [5, 5.41) is 5.40. The number of nitrogens with one attached hydrogen (secondary N) is 1. The molecule has 30 heavy (non-hydrogen) atoms. The van der Waals surface area contributed by atoms with Gasteiger partial charge in [0.05, 0.1) is 13.2 Å². The molecule has 5 nitrogen and oxygen atoms in total. The van der Waals surface area contributed by atoms with Crippen molar-refractivity contribution in [2.45, 2.75) is 19.5 Å². The summed E-state index contributed by atoms with van der Waals surface area (Å²) in [4.78, 5) is 17.5. The summed E-state index contributed by atoms with van der Waals surface area (Å²) in [7, 11) is 1.69. The van der Waals surface area contributed by atoms with Gasteiger partial charge in [0, 0.05) is 38.4 Å². The molecule has 3 aromatic carbocycles. The van der Waals surface area contributed by atoms with E-state index in [9.17, 15) is 4.79 Å². The Hall–Kier alpha value is -2.89. The molecule has 4 rings (SSSR count). The van der Waals surface area contributed by atoms with Crippen molar-refractivity contribution in [2.24, 2.45) is 0 Å². The fourth-order valence-corrected chi connectivity index (χ4v) is 3.98. The average Bonchev–Trinajstić information content (AvgIpc) is 2.79. The molecule has 0 aromatic heterocycles. The molecule has 1 saturated heterocycles. The van der Waals surface area contributed by atoms with Gasteiger partial charge in [0.15, 0.2) is 0 Å². The number of benzene rings is 3. The number of nitrogens with zero attached hydrogens (tertiary/aromatic N) is 2. The molecule has 0 unspecified atom stereocenters. The van der Waals surface area contributed by atoms with Crippen molar-refractivity contribution in [1.29, 1.82) is 0 Å². The van der Waals surface area contributed by atoms with Crippen LogP contribution >= 0.6 is 0 Å². The van der Waals surface area contributed by atoms with Crippen molar-refractivity contribution >= 4 is 22.4 Å². The SMILES string of the molecule is COc1ccc(CN2CCN([C@@H](C)C(=O)Nc3ccc4ccccc4c3)CC2)cc1. The summed E-state index contributed by atoms with van der Waals surface area (Å²) in [5.74, 6) is 0.934. The Morgan fingerprint density at radius 2 is 1.67 bits per heavy atom. The summed E-state index contributed by atoms with van der Waals surface area (Å²) in [6.45, 7) is 6.62. The summed E-state index contributed by atoms with van der Waals surface area (Å²) < 4.78 is 5.23. The van der Waals surface area contributed by atoms with E-state index in [1.165, 1.54) is 10.9 Å². The molecule has 1 aliphatic rings. The van der Waals surface area contributed by atoms with Gasteiger partial charge in [0.2, 0.25) is 5.91 Å². The van der Waals surface area contributed by atoms with E-state index in [0.29, 0.717) is 0 Å². The van der Waals surface area contributed by atoms with Crippen LogP contribution in [0.1, 0.15) is 12.5 Å². The van der Waals surface area contributed by atoms with E-state index in [0.717, 1.165) is 49.5 Å². The molecule has 0 aliphatic carbocycles. The van der Waals surface area contributed by atoms with Crippen LogP contribution in [0.25, 0.3) is 10.8 Å². The fourth-order valence-electron chi connectivity index (χ4n) is 3.98. The lowest BCUT2D eigenvalue weighted by Crippen LogP contribution is -2.52. The fraction of sp³-hybridized carbons (Fsp3) is 0.320. The summed E-state index contributed by atoms with van der Waals surface area (Å²) in [5.41, 5.74) is 2.13. The van der Waals surface area contributed by atoms with E-state index in [-0.39, 0.29) is 11.9 Å².